The summed E-state index contributed by atoms with van der Waals surface area (Å²) in [5, 5.41) is 35.0. The first kappa shape index (κ1) is 55.2. The number of non-ortho nitro benzene ring substituents is 1. The molecule has 0 bridgehead atoms. The number of aliphatic hydroxyl groups is 2. The molecule has 3 aromatic carbocycles. The van der Waals surface area contributed by atoms with Gasteiger partial charge in [0, 0.05) is 24.5 Å². The van der Waals surface area contributed by atoms with Crippen LogP contribution in [0.3, 0.4) is 0 Å². The number of nitrogens with two attached hydrogens (primary N) is 1. The molecule has 0 aliphatic heterocycles. The molecule has 2 aromatic heterocycles. The van der Waals surface area contributed by atoms with Crippen molar-refractivity contribution >= 4 is 60.3 Å². The summed E-state index contributed by atoms with van der Waals surface area (Å²) in [7, 11) is -7.71. The number of sulfonamides is 1. The van der Waals surface area contributed by atoms with E-state index in [4.69, 9.17) is 19.3 Å². The molecule has 360 valence electrons. The minimum Gasteiger partial charge on any atom is -0.425 e. The summed E-state index contributed by atoms with van der Waals surface area (Å²) in [6.45, 7) is 22.2. The molecule has 0 aliphatic rings. The summed E-state index contributed by atoms with van der Waals surface area (Å²) < 4.78 is 62.6. The van der Waals surface area contributed by atoms with Crippen LogP contribution in [0.15, 0.2) is 81.7 Å². The Hall–Kier alpha value is -5.16. The van der Waals surface area contributed by atoms with Crippen molar-refractivity contribution < 1.29 is 55.8 Å². The molecule has 0 amide bonds. The summed E-state index contributed by atoms with van der Waals surface area (Å²) in [6.07, 6.45) is 1.75. The zero-order valence-electron chi connectivity index (χ0n) is 38.9. The monoisotopic (exact) mass is 990 g/mol. The number of ether oxygens (including phenoxy) is 3. The number of esters is 1. The lowest BCUT2D eigenvalue weighted by molar-refractivity contribution is -0.384. The number of primary sulfonamides is 1. The number of hydrogen-bond donors (Lipinski definition) is 3. The number of rotatable bonds is 14. The average Bonchev–Trinajstić information content (AvgIpc) is 3.91. The molecule has 0 aliphatic carbocycles. The van der Waals surface area contributed by atoms with Crippen molar-refractivity contribution in [2.24, 2.45) is 5.14 Å². The highest BCUT2D eigenvalue weighted by Gasteiger charge is 2.29. The first-order valence-corrected chi connectivity index (χ1v) is 25.4. The highest BCUT2D eigenvalue weighted by Crippen LogP contribution is 2.37. The Morgan fingerprint density at radius 1 is 0.667 bits per heavy atom. The van der Waals surface area contributed by atoms with E-state index in [1.54, 1.807) is 27.7 Å². The van der Waals surface area contributed by atoms with Crippen LogP contribution in [0.25, 0.3) is 0 Å². The van der Waals surface area contributed by atoms with Crippen LogP contribution < -0.4 is 19.3 Å². The molecule has 0 spiro atoms. The van der Waals surface area contributed by atoms with Crippen LogP contribution in [0.2, 0.25) is 0 Å². The highest BCUT2D eigenvalue weighted by molar-refractivity contribution is 7.94. The fraction of sp³-hybridized carbons (Fsp3) is 0.422. The Kier molecular flexibility index (Phi) is 18.9. The fourth-order valence-electron chi connectivity index (χ4n) is 5.75. The predicted octanol–water partition coefficient (Wildman–Crippen LogP) is 9.43. The third-order valence-corrected chi connectivity index (χ3v) is 15.3. The van der Waals surface area contributed by atoms with Crippen molar-refractivity contribution in [2.45, 2.75) is 127 Å². The van der Waals surface area contributed by atoms with Crippen LogP contribution in [0.1, 0.15) is 139 Å². The van der Waals surface area contributed by atoms with Gasteiger partial charge in [-0.25, -0.2) is 36.7 Å². The Morgan fingerprint density at radius 2 is 1.05 bits per heavy atom. The average molecular weight is 991 g/mol. The van der Waals surface area contributed by atoms with Gasteiger partial charge in [0.2, 0.25) is 18.5 Å². The second kappa shape index (κ2) is 22.6. The van der Waals surface area contributed by atoms with E-state index in [0.29, 0.717) is 21.3 Å². The molecule has 0 unspecified atom stereocenters. The number of hydrogen-bond acceptors (Lipinski definition) is 17. The standard InChI is InChI=1S/C20H27NO5S2.C19H21NO5.C6H10N2O3S2/c1-12(2)14-8-7-9-15(13(3)4)18(14)26-17(22)11-28(24,25)19-21-10-16(27-19)20(5,6)23;1-12(2)16-6-5-7-17(13(3)4)18(16)25-19(21)24-15-10-8-14(9-11-15)20(22)23;1-6(2,9)4-3-8-5(12-4)13(7,10)11/h7-10,12-13,23H,11H2,1-6H3;5-13H,1-4H3;3,9H,1-2H3,(H2,7,10,11). The van der Waals surface area contributed by atoms with Gasteiger partial charge in [-0.3, -0.25) is 14.9 Å². The van der Waals surface area contributed by atoms with Crippen molar-refractivity contribution in [1.29, 1.82) is 0 Å². The summed E-state index contributed by atoms with van der Waals surface area (Å²) in [5.41, 5.74) is 1.20. The molecule has 0 saturated carbocycles. The van der Waals surface area contributed by atoms with Gasteiger partial charge < -0.3 is 24.4 Å². The Morgan fingerprint density at radius 3 is 1.38 bits per heavy atom. The van der Waals surface area contributed by atoms with E-state index >= 15 is 0 Å². The highest BCUT2D eigenvalue weighted by atomic mass is 32.2. The van der Waals surface area contributed by atoms with Crippen molar-refractivity contribution in [3.63, 3.8) is 0 Å². The second-order valence-corrected chi connectivity index (χ2v) is 23.2. The van der Waals surface area contributed by atoms with Crippen LogP contribution in [-0.2, 0) is 35.9 Å². The molecule has 0 radical (unpaired) electrons. The van der Waals surface area contributed by atoms with Crippen molar-refractivity contribution in [2.75, 3.05) is 5.75 Å². The SMILES string of the molecule is CC(C)(O)c1cnc(S(N)(=O)=O)s1.CC(C)c1cccc(C(C)C)c1OC(=O)CS(=O)(=O)c1ncc(C(C)(C)O)s1.CC(C)c1cccc(C(C)C)c1OC(=O)Oc1ccc([N+](=O)[O-])cc1. The molecule has 17 nitrogen and oxygen atoms in total. The molecule has 0 saturated heterocycles. The molecular weight excluding hydrogens is 933 g/mol. The Balaban J connectivity index is 0.000000279. The van der Waals surface area contributed by atoms with Gasteiger partial charge in [0.1, 0.15) is 17.2 Å². The van der Waals surface area contributed by atoms with Crippen LogP contribution in [0.4, 0.5) is 10.5 Å². The summed E-state index contributed by atoms with van der Waals surface area (Å²) >= 11 is 1.73. The van der Waals surface area contributed by atoms with Gasteiger partial charge in [-0.05, 0) is 85.8 Å². The summed E-state index contributed by atoms with van der Waals surface area (Å²) in [6, 6.07) is 16.7. The lowest BCUT2D eigenvalue weighted by Gasteiger charge is -2.18. The molecule has 5 aromatic rings. The van der Waals surface area contributed by atoms with Gasteiger partial charge in [-0.15, -0.1) is 22.7 Å². The second-order valence-electron chi connectivity index (χ2n) is 17.2. The number of nitro groups is 1. The Bertz CT molecular complexity index is 2640. The third kappa shape index (κ3) is 15.7. The molecule has 66 heavy (non-hydrogen) atoms. The minimum absolute atomic E-state index is 0.0760. The van der Waals surface area contributed by atoms with Crippen LogP contribution in [-0.4, -0.2) is 59.8 Å². The lowest BCUT2D eigenvalue weighted by atomic mass is 9.94. The van der Waals surface area contributed by atoms with Gasteiger partial charge in [0.15, 0.2) is 5.75 Å². The zero-order chi connectivity index (χ0) is 50.1. The predicted molar refractivity (Wildman–Crippen MR) is 253 cm³/mol. The topological polar surface area (TPSA) is 266 Å². The van der Waals surface area contributed by atoms with E-state index in [1.165, 1.54) is 36.7 Å². The van der Waals surface area contributed by atoms with Gasteiger partial charge in [-0.1, -0.05) is 91.8 Å². The van der Waals surface area contributed by atoms with Gasteiger partial charge in [0.25, 0.3) is 15.7 Å². The number of sulfone groups is 1. The summed E-state index contributed by atoms with van der Waals surface area (Å²) in [5.74, 6) is 0.0669. The van der Waals surface area contributed by atoms with E-state index in [2.05, 4.69) is 9.97 Å². The van der Waals surface area contributed by atoms with E-state index in [9.17, 15) is 46.8 Å². The fourth-order valence-corrected chi connectivity index (χ4v) is 9.65. The molecule has 2 heterocycles. The number of benzene rings is 3. The van der Waals surface area contributed by atoms with E-state index < -0.39 is 53.9 Å². The van der Waals surface area contributed by atoms with E-state index in [1.807, 2.05) is 91.8 Å². The van der Waals surface area contributed by atoms with Crippen LogP contribution in [0, 0.1) is 10.1 Å². The number of nitro benzene ring substituents is 1. The van der Waals surface area contributed by atoms with Crippen LogP contribution >= 0.6 is 22.7 Å². The van der Waals surface area contributed by atoms with Crippen LogP contribution in [0.5, 0.6) is 17.2 Å². The van der Waals surface area contributed by atoms with E-state index in [0.717, 1.165) is 44.9 Å². The molecule has 5 rings (SSSR count). The quantitative estimate of drug-likeness (QED) is 0.0307. The maximum absolute atomic E-state index is 12.6. The lowest BCUT2D eigenvalue weighted by Crippen LogP contribution is -2.22. The van der Waals surface area contributed by atoms with Gasteiger partial charge in [0.05, 0.1) is 25.9 Å². The first-order chi connectivity index (χ1) is 30.3. The zero-order valence-corrected chi connectivity index (χ0v) is 42.1. The maximum Gasteiger partial charge on any atom is 0.519 e. The summed E-state index contributed by atoms with van der Waals surface area (Å²) in [4.78, 5) is 43.1. The molecule has 0 fully saturated rings. The van der Waals surface area contributed by atoms with Gasteiger partial charge in [-0.2, -0.15) is 0 Å². The van der Waals surface area contributed by atoms with Crippen molar-refractivity contribution in [3.05, 3.63) is 115 Å². The van der Waals surface area contributed by atoms with E-state index in [-0.39, 0.29) is 43.8 Å². The maximum atomic E-state index is 12.6. The number of thiazole rings is 2. The molecule has 0 atom stereocenters. The largest absolute Gasteiger partial charge is 0.519 e. The normalized spacial score (nSPS) is 12.0. The molecule has 21 heteroatoms. The molecule has 4 N–H and O–H groups in total. The minimum atomic E-state index is -3.96. The number of aromatic nitrogens is 2. The van der Waals surface area contributed by atoms with Crippen molar-refractivity contribution in [3.8, 4) is 17.2 Å². The first-order valence-electron chi connectivity index (χ1n) is 20.6. The third-order valence-electron chi connectivity index (χ3n) is 9.28. The van der Waals surface area contributed by atoms with Crippen molar-refractivity contribution in [1.82, 2.24) is 9.97 Å². The smallest absolute Gasteiger partial charge is 0.425 e. The Labute approximate surface area is 394 Å². The number of para-hydroxylation sites is 2. The number of carbonyl (C=O) groups is 2. The molecular formula is C45H58N4O13S4. The number of carbonyl (C=O) groups excluding carboxylic acids is 2. The number of nitrogens with zero attached hydrogens (tertiary/aromatic N) is 3. The van der Waals surface area contributed by atoms with Gasteiger partial charge >= 0.3 is 12.1 Å².